The highest BCUT2D eigenvalue weighted by atomic mass is 32.1. The van der Waals surface area contributed by atoms with Crippen LogP contribution in [-0.4, -0.2) is 22.9 Å². The smallest absolute Gasteiger partial charge is 0.224 e. The third kappa shape index (κ3) is 2.64. The zero-order valence-corrected chi connectivity index (χ0v) is 12.7. The predicted octanol–water partition coefficient (Wildman–Crippen LogP) is 2.96. The highest BCUT2D eigenvalue weighted by Crippen LogP contribution is 2.26. The van der Waals surface area contributed by atoms with Crippen LogP contribution >= 0.6 is 11.3 Å². The van der Waals surface area contributed by atoms with Gasteiger partial charge in [-0.05, 0) is 24.1 Å². The first-order valence-electron chi connectivity index (χ1n) is 6.67. The second-order valence-electron chi connectivity index (χ2n) is 4.86. The molecule has 0 spiro atoms. The molecular weight excluding hydrogens is 282 g/mol. The molecule has 0 bridgehead atoms. The Morgan fingerprint density at radius 3 is 2.90 bits per heavy atom. The molecule has 5 heteroatoms. The van der Waals surface area contributed by atoms with E-state index in [1.54, 1.807) is 23.9 Å². The number of fused-ring (bicyclic) bond motifs is 1. The summed E-state index contributed by atoms with van der Waals surface area (Å²) >= 11 is 1.55. The maximum Gasteiger partial charge on any atom is 0.224 e. The van der Waals surface area contributed by atoms with E-state index in [2.05, 4.69) is 17.2 Å². The molecule has 0 unspecified atom stereocenters. The molecular formula is C16H15N3OS. The molecule has 0 aliphatic heterocycles. The third-order valence-electron chi connectivity index (χ3n) is 3.45. The van der Waals surface area contributed by atoms with Gasteiger partial charge in [0.15, 0.2) is 0 Å². The van der Waals surface area contributed by atoms with Gasteiger partial charge < -0.3 is 5.32 Å². The molecule has 0 aliphatic carbocycles. The monoisotopic (exact) mass is 297 g/mol. The van der Waals surface area contributed by atoms with E-state index in [4.69, 9.17) is 4.98 Å². The fourth-order valence-corrected chi connectivity index (χ4v) is 2.90. The summed E-state index contributed by atoms with van der Waals surface area (Å²) < 4.78 is 0. The minimum atomic E-state index is -0.0129. The Morgan fingerprint density at radius 1 is 1.33 bits per heavy atom. The van der Waals surface area contributed by atoms with Crippen molar-refractivity contribution in [1.82, 2.24) is 15.3 Å². The SMILES string of the molecule is CNC(=O)Cc1cccc2c(C)cc(-c3cscn3)nc12. The van der Waals surface area contributed by atoms with Crippen molar-refractivity contribution in [1.29, 1.82) is 0 Å². The molecule has 106 valence electrons. The first-order valence-corrected chi connectivity index (χ1v) is 7.61. The Balaban J connectivity index is 2.19. The van der Waals surface area contributed by atoms with E-state index >= 15 is 0 Å². The summed E-state index contributed by atoms with van der Waals surface area (Å²) in [6.45, 7) is 2.06. The van der Waals surface area contributed by atoms with Crippen LogP contribution in [0.5, 0.6) is 0 Å². The topological polar surface area (TPSA) is 54.9 Å². The van der Waals surface area contributed by atoms with Crippen molar-refractivity contribution in [3.8, 4) is 11.4 Å². The van der Waals surface area contributed by atoms with Crippen LogP contribution in [0.2, 0.25) is 0 Å². The van der Waals surface area contributed by atoms with E-state index < -0.39 is 0 Å². The van der Waals surface area contributed by atoms with Gasteiger partial charge in [-0.3, -0.25) is 4.79 Å². The van der Waals surface area contributed by atoms with Crippen molar-refractivity contribution in [3.63, 3.8) is 0 Å². The van der Waals surface area contributed by atoms with Crippen LogP contribution in [0.4, 0.5) is 0 Å². The number of nitrogens with one attached hydrogen (secondary N) is 1. The van der Waals surface area contributed by atoms with Gasteiger partial charge >= 0.3 is 0 Å². The van der Waals surface area contributed by atoms with Gasteiger partial charge in [0.05, 0.1) is 28.8 Å². The number of para-hydroxylation sites is 1. The molecule has 2 heterocycles. The normalized spacial score (nSPS) is 10.8. The van der Waals surface area contributed by atoms with Gasteiger partial charge in [-0.2, -0.15) is 0 Å². The van der Waals surface area contributed by atoms with Crippen LogP contribution in [0.1, 0.15) is 11.1 Å². The van der Waals surface area contributed by atoms with Crippen molar-refractivity contribution in [2.24, 2.45) is 0 Å². The maximum absolute atomic E-state index is 11.7. The molecule has 1 aromatic carbocycles. The standard InChI is InChI=1S/C16H15N3OS/c1-10-6-13(14-8-21-9-18-14)19-16-11(7-15(20)17-2)4-3-5-12(10)16/h3-6,8-9H,7H2,1-2H3,(H,17,20). The lowest BCUT2D eigenvalue weighted by atomic mass is 10.0. The lowest BCUT2D eigenvalue weighted by molar-refractivity contribution is -0.119. The predicted molar refractivity (Wildman–Crippen MR) is 85.4 cm³/mol. The third-order valence-corrected chi connectivity index (χ3v) is 4.04. The Kier molecular flexibility index (Phi) is 3.66. The van der Waals surface area contributed by atoms with Crippen LogP contribution in [0.3, 0.4) is 0 Å². The highest BCUT2D eigenvalue weighted by Gasteiger charge is 2.11. The molecule has 1 amide bonds. The zero-order valence-electron chi connectivity index (χ0n) is 11.9. The number of aryl methyl sites for hydroxylation is 1. The number of aromatic nitrogens is 2. The molecule has 0 radical (unpaired) electrons. The fraction of sp³-hybridized carbons (Fsp3) is 0.188. The van der Waals surface area contributed by atoms with E-state index in [0.717, 1.165) is 33.4 Å². The lowest BCUT2D eigenvalue weighted by Gasteiger charge is -2.09. The minimum absolute atomic E-state index is 0.0129. The summed E-state index contributed by atoms with van der Waals surface area (Å²) in [5.41, 5.74) is 6.48. The van der Waals surface area contributed by atoms with E-state index in [-0.39, 0.29) is 5.91 Å². The number of thiazole rings is 1. The number of carbonyl (C=O) groups excluding carboxylic acids is 1. The van der Waals surface area contributed by atoms with Crippen LogP contribution in [0, 0.1) is 6.92 Å². The number of amides is 1. The molecule has 0 atom stereocenters. The summed E-state index contributed by atoms with van der Waals surface area (Å²) in [5, 5.41) is 5.72. The van der Waals surface area contributed by atoms with Gasteiger partial charge in [0.25, 0.3) is 0 Å². The largest absolute Gasteiger partial charge is 0.359 e. The van der Waals surface area contributed by atoms with Crippen LogP contribution < -0.4 is 5.32 Å². The number of nitrogens with zero attached hydrogens (tertiary/aromatic N) is 2. The average Bonchev–Trinajstić information content (AvgIpc) is 3.02. The summed E-state index contributed by atoms with van der Waals surface area (Å²) in [6, 6.07) is 8.00. The fourth-order valence-electron chi connectivity index (χ4n) is 2.35. The quantitative estimate of drug-likeness (QED) is 0.808. The minimum Gasteiger partial charge on any atom is -0.359 e. The van der Waals surface area contributed by atoms with Gasteiger partial charge in [0, 0.05) is 17.8 Å². The van der Waals surface area contributed by atoms with Gasteiger partial charge in [0.1, 0.15) is 0 Å². The van der Waals surface area contributed by atoms with Crippen molar-refractivity contribution >= 4 is 28.1 Å². The lowest BCUT2D eigenvalue weighted by Crippen LogP contribution is -2.20. The van der Waals surface area contributed by atoms with E-state index in [9.17, 15) is 4.79 Å². The van der Waals surface area contributed by atoms with Crippen molar-refractivity contribution in [3.05, 3.63) is 46.3 Å². The van der Waals surface area contributed by atoms with Crippen molar-refractivity contribution in [2.45, 2.75) is 13.3 Å². The first kappa shape index (κ1) is 13.7. The van der Waals surface area contributed by atoms with E-state index in [0.29, 0.717) is 6.42 Å². The first-order chi connectivity index (χ1) is 10.2. The highest BCUT2D eigenvalue weighted by molar-refractivity contribution is 7.07. The second-order valence-corrected chi connectivity index (χ2v) is 5.58. The molecule has 4 nitrogen and oxygen atoms in total. The van der Waals surface area contributed by atoms with Crippen LogP contribution in [-0.2, 0) is 11.2 Å². The Labute approximate surface area is 126 Å². The van der Waals surface area contributed by atoms with Gasteiger partial charge in [-0.25, -0.2) is 9.97 Å². The molecule has 0 fully saturated rings. The molecule has 3 rings (SSSR count). The molecule has 1 N–H and O–H groups in total. The summed E-state index contributed by atoms with van der Waals surface area (Å²) in [6.07, 6.45) is 0.334. The zero-order chi connectivity index (χ0) is 14.8. The molecule has 3 aromatic rings. The Morgan fingerprint density at radius 2 is 2.19 bits per heavy atom. The van der Waals surface area contributed by atoms with Crippen LogP contribution in [0.15, 0.2) is 35.2 Å². The number of pyridine rings is 1. The molecule has 0 aliphatic rings. The van der Waals surface area contributed by atoms with Crippen molar-refractivity contribution < 1.29 is 4.79 Å². The Hall–Kier alpha value is -2.27. The van der Waals surface area contributed by atoms with Gasteiger partial charge in [-0.1, -0.05) is 18.2 Å². The summed E-state index contributed by atoms with van der Waals surface area (Å²) in [5.74, 6) is -0.0129. The maximum atomic E-state index is 11.7. The van der Waals surface area contributed by atoms with Gasteiger partial charge in [-0.15, -0.1) is 11.3 Å². The number of benzene rings is 1. The number of hydrogen-bond donors (Lipinski definition) is 1. The number of hydrogen-bond acceptors (Lipinski definition) is 4. The number of likely N-dealkylation sites (N-methyl/N-ethyl adjacent to an activating group) is 1. The van der Waals surface area contributed by atoms with Gasteiger partial charge in [0.2, 0.25) is 5.91 Å². The molecule has 0 saturated carbocycles. The van der Waals surface area contributed by atoms with Crippen molar-refractivity contribution in [2.75, 3.05) is 7.05 Å². The average molecular weight is 297 g/mol. The second kappa shape index (κ2) is 5.61. The molecule has 21 heavy (non-hydrogen) atoms. The van der Waals surface area contributed by atoms with Crippen LogP contribution in [0.25, 0.3) is 22.3 Å². The molecule has 0 saturated heterocycles. The number of rotatable bonds is 3. The van der Waals surface area contributed by atoms with E-state index in [1.807, 2.05) is 29.6 Å². The number of carbonyl (C=O) groups is 1. The summed E-state index contributed by atoms with van der Waals surface area (Å²) in [4.78, 5) is 20.7. The Bertz CT molecular complexity index is 797. The van der Waals surface area contributed by atoms with E-state index in [1.165, 1.54) is 0 Å². The summed E-state index contributed by atoms with van der Waals surface area (Å²) in [7, 11) is 1.65. The molecule has 2 aromatic heterocycles.